The summed E-state index contributed by atoms with van der Waals surface area (Å²) in [5.74, 6) is 0.595. The lowest BCUT2D eigenvalue weighted by Gasteiger charge is -2.49. The summed E-state index contributed by atoms with van der Waals surface area (Å²) < 4.78 is 19.3. The van der Waals surface area contributed by atoms with Crippen molar-refractivity contribution in [1.29, 1.82) is 0 Å². The maximum absolute atomic E-state index is 13.8. The highest BCUT2D eigenvalue weighted by Crippen LogP contribution is 2.25. The van der Waals surface area contributed by atoms with Gasteiger partial charge < -0.3 is 4.74 Å². The van der Waals surface area contributed by atoms with Gasteiger partial charge >= 0.3 is 0 Å². The van der Waals surface area contributed by atoms with E-state index in [0.29, 0.717) is 18.0 Å². The quantitative estimate of drug-likeness (QED) is 0.801. The molecule has 3 nitrogen and oxygen atoms in total. The van der Waals surface area contributed by atoms with Gasteiger partial charge in [0.2, 0.25) is 0 Å². The zero-order valence-electron chi connectivity index (χ0n) is 14.4. The summed E-state index contributed by atoms with van der Waals surface area (Å²) in [5.41, 5.74) is 0.812. The number of hydrogen-bond donors (Lipinski definition) is 0. The minimum atomic E-state index is -0.0839. The predicted octanol–water partition coefficient (Wildman–Crippen LogP) is 3.15. The molecule has 0 aliphatic carbocycles. The van der Waals surface area contributed by atoms with Gasteiger partial charge in [0.15, 0.2) is 0 Å². The Kier molecular flexibility index (Phi) is 5.67. The molecule has 1 aromatic carbocycles. The van der Waals surface area contributed by atoms with Crippen LogP contribution in [-0.2, 0) is 11.3 Å². The van der Waals surface area contributed by atoms with E-state index in [9.17, 15) is 4.39 Å². The molecule has 0 atom stereocenters. The summed E-state index contributed by atoms with van der Waals surface area (Å²) in [6, 6.07) is 8.40. The van der Waals surface area contributed by atoms with Gasteiger partial charge in [-0.25, -0.2) is 4.39 Å². The van der Waals surface area contributed by atoms with Crippen molar-refractivity contribution in [3.05, 3.63) is 35.6 Å². The monoisotopic (exact) mass is 320 g/mol. The van der Waals surface area contributed by atoms with Crippen LogP contribution in [0.3, 0.4) is 0 Å². The van der Waals surface area contributed by atoms with Gasteiger partial charge in [-0.2, -0.15) is 0 Å². The number of nitrogens with zero attached hydrogens (tertiary/aromatic N) is 2. The van der Waals surface area contributed by atoms with E-state index in [4.69, 9.17) is 4.74 Å². The maximum Gasteiger partial charge on any atom is 0.127 e. The Morgan fingerprint density at radius 3 is 2.52 bits per heavy atom. The largest absolute Gasteiger partial charge is 0.381 e. The first-order chi connectivity index (χ1) is 11.1. The van der Waals surface area contributed by atoms with Gasteiger partial charge in [0, 0.05) is 57.0 Å². The fourth-order valence-electron chi connectivity index (χ4n) is 3.78. The lowest BCUT2D eigenvalue weighted by Crippen LogP contribution is -2.62. The molecule has 4 heteroatoms. The first kappa shape index (κ1) is 16.9. The van der Waals surface area contributed by atoms with Crippen molar-refractivity contribution in [2.45, 2.75) is 45.3 Å². The fraction of sp³-hybridized carbons (Fsp3) is 0.684. The van der Waals surface area contributed by atoms with Crippen LogP contribution in [0.2, 0.25) is 0 Å². The number of ether oxygens (including phenoxy) is 1. The molecule has 2 heterocycles. The first-order valence-electron chi connectivity index (χ1n) is 8.92. The van der Waals surface area contributed by atoms with Gasteiger partial charge in [-0.3, -0.25) is 9.80 Å². The summed E-state index contributed by atoms with van der Waals surface area (Å²) in [7, 11) is 0. The van der Waals surface area contributed by atoms with Crippen molar-refractivity contribution in [3.8, 4) is 0 Å². The van der Waals surface area contributed by atoms with E-state index in [1.165, 1.54) is 0 Å². The van der Waals surface area contributed by atoms with E-state index in [2.05, 4.69) is 23.6 Å². The SMILES string of the molecule is CC(C)CN(C1CCOCC1)C1CN(Cc2ccccc2F)C1. The van der Waals surface area contributed by atoms with Crippen LogP contribution in [0.1, 0.15) is 32.3 Å². The zero-order valence-corrected chi connectivity index (χ0v) is 14.4. The molecular formula is C19H29FN2O. The van der Waals surface area contributed by atoms with Crippen LogP contribution in [0, 0.1) is 11.7 Å². The Bertz CT molecular complexity index is 496. The van der Waals surface area contributed by atoms with Crippen LogP contribution >= 0.6 is 0 Å². The molecule has 0 N–H and O–H groups in total. The topological polar surface area (TPSA) is 15.7 Å². The molecule has 2 saturated heterocycles. The van der Waals surface area contributed by atoms with E-state index >= 15 is 0 Å². The Morgan fingerprint density at radius 2 is 1.87 bits per heavy atom. The highest BCUT2D eigenvalue weighted by molar-refractivity contribution is 5.17. The molecule has 3 rings (SSSR count). The second-order valence-corrected chi connectivity index (χ2v) is 7.37. The number of halogens is 1. The van der Waals surface area contributed by atoms with E-state index in [1.807, 2.05) is 12.1 Å². The van der Waals surface area contributed by atoms with Crippen molar-refractivity contribution in [2.24, 2.45) is 5.92 Å². The molecule has 0 aromatic heterocycles. The normalized spacial score (nSPS) is 21.1. The summed E-state index contributed by atoms with van der Waals surface area (Å²) in [6.45, 7) is 10.4. The van der Waals surface area contributed by atoms with Crippen molar-refractivity contribution < 1.29 is 9.13 Å². The predicted molar refractivity (Wildman–Crippen MR) is 90.9 cm³/mol. The summed E-state index contributed by atoms with van der Waals surface area (Å²) in [5, 5.41) is 0. The third-order valence-electron chi connectivity index (χ3n) is 4.99. The Morgan fingerprint density at radius 1 is 1.17 bits per heavy atom. The van der Waals surface area contributed by atoms with Gasteiger partial charge in [-0.05, 0) is 24.8 Å². The highest BCUT2D eigenvalue weighted by Gasteiger charge is 2.36. The molecule has 0 bridgehead atoms. The van der Waals surface area contributed by atoms with Crippen LogP contribution in [-0.4, -0.2) is 54.7 Å². The summed E-state index contributed by atoms with van der Waals surface area (Å²) >= 11 is 0. The van der Waals surface area contributed by atoms with Crippen molar-refractivity contribution in [2.75, 3.05) is 32.8 Å². The van der Waals surface area contributed by atoms with Crippen LogP contribution in [0.25, 0.3) is 0 Å². The van der Waals surface area contributed by atoms with Gasteiger partial charge in [-0.1, -0.05) is 32.0 Å². The minimum absolute atomic E-state index is 0.0839. The van der Waals surface area contributed by atoms with E-state index < -0.39 is 0 Å². The molecule has 23 heavy (non-hydrogen) atoms. The molecule has 2 aliphatic heterocycles. The lowest BCUT2D eigenvalue weighted by molar-refractivity contribution is -0.0385. The van der Waals surface area contributed by atoms with Crippen LogP contribution in [0.4, 0.5) is 4.39 Å². The van der Waals surface area contributed by atoms with Crippen LogP contribution < -0.4 is 0 Å². The Labute approximate surface area is 139 Å². The molecule has 0 unspecified atom stereocenters. The van der Waals surface area contributed by atoms with Crippen LogP contribution in [0.5, 0.6) is 0 Å². The Balaban J connectivity index is 1.55. The molecule has 0 spiro atoms. The van der Waals surface area contributed by atoms with Gasteiger partial charge in [0.25, 0.3) is 0 Å². The number of rotatable bonds is 6. The molecule has 128 valence electrons. The standard InChI is InChI=1S/C19H29FN2O/c1-15(2)11-22(17-7-9-23-10-8-17)18-13-21(14-18)12-16-5-3-4-6-19(16)20/h3-6,15,17-18H,7-14H2,1-2H3. The third-order valence-corrected chi connectivity index (χ3v) is 4.99. The van der Waals surface area contributed by atoms with Crippen molar-refractivity contribution in [3.63, 3.8) is 0 Å². The van der Waals surface area contributed by atoms with E-state index in [-0.39, 0.29) is 5.82 Å². The minimum Gasteiger partial charge on any atom is -0.381 e. The average molecular weight is 320 g/mol. The second-order valence-electron chi connectivity index (χ2n) is 7.37. The van der Waals surface area contributed by atoms with E-state index in [0.717, 1.165) is 57.8 Å². The Hall–Kier alpha value is -0.970. The number of likely N-dealkylation sites (tertiary alicyclic amines) is 1. The molecular weight excluding hydrogens is 291 g/mol. The number of hydrogen-bond acceptors (Lipinski definition) is 3. The molecule has 0 radical (unpaired) electrons. The van der Waals surface area contributed by atoms with Gasteiger partial charge in [-0.15, -0.1) is 0 Å². The second kappa shape index (κ2) is 7.73. The summed E-state index contributed by atoms with van der Waals surface area (Å²) in [4.78, 5) is 5.06. The maximum atomic E-state index is 13.8. The number of benzene rings is 1. The molecule has 0 saturated carbocycles. The van der Waals surface area contributed by atoms with Crippen molar-refractivity contribution in [1.82, 2.24) is 9.80 Å². The molecule has 0 amide bonds. The smallest absolute Gasteiger partial charge is 0.127 e. The summed E-state index contributed by atoms with van der Waals surface area (Å²) in [6.07, 6.45) is 2.30. The average Bonchev–Trinajstić information content (AvgIpc) is 2.51. The molecule has 2 fully saturated rings. The van der Waals surface area contributed by atoms with Crippen molar-refractivity contribution >= 4 is 0 Å². The molecule has 1 aromatic rings. The fourth-order valence-corrected chi connectivity index (χ4v) is 3.78. The van der Waals surface area contributed by atoms with E-state index in [1.54, 1.807) is 12.1 Å². The van der Waals surface area contributed by atoms with Gasteiger partial charge in [0.1, 0.15) is 5.82 Å². The lowest BCUT2D eigenvalue weighted by atomic mass is 9.97. The van der Waals surface area contributed by atoms with Crippen LogP contribution in [0.15, 0.2) is 24.3 Å². The van der Waals surface area contributed by atoms with Gasteiger partial charge in [0.05, 0.1) is 0 Å². The molecule has 2 aliphatic rings. The third kappa shape index (κ3) is 4.31. The first-order valence-corrected chi connectivity index (χ1v) is 8.92. The highest BCUT2D eigenvalue weighted by atomic mass is 19.1. The zero-order chi connectivity index (χ0) is 16.2.